The summed E-state index contributed by atoms with van der Waals surface area (Å²) in [6.45, 7) is 0.900. The van der Waals surface area contributed by atoms with Crippen molar-refractivity contribution in [3.63, 3.8) is 0 Å². The summed E-state index contributed by atoms with van der Waals surface area (Å²) < 4.78 is 12.5. The summed E-state index contributed by atoms with van der Waals surface area (Å²) in [5, 5.41) is 10.7. The zero-order valence-corrected chi connectivity index (χ0v) is 17.6. The third-order valence-corrected chi connectivity index (χ3v) is 5.39. The standard InChI is InChI=1S/C21H19N3O6S/c1-29-12-11-23-17-9-6-15(20(26)30-2)13-18(17)31-21(23)22-19(25)10-5-14-3-7-16(8-4-14)24(27)28/h3-10,13H,11-12H2,1-2H3/b10-5-,22-21?. The molecule has 1 amide bonds. The maximum Gasteiger partial charge on any atom is 0.337 e. The number of nitro benzene ring substituents is 1. The van der Waals surface area contributed by atoms with Crippen molar-refractivity contribution in [2.75, 3.05) is 20.8 Å². The fourth-order valence-electron chi connectivity index (χ4n) is 2.81. The maximum absolute atomic E-state index is 12.4. The van der Waals surface area contributed by atoms with Crippen LogP contribution in [0.3, 0.4) is 0 Å². The molecule has 0 spiro atoms. The average Bonchev–Trinajstić information content (AvgIpc) is 3.11. The van der Waals surface area contributed by atoms with Gasteiger partial charge in [0.15, 0.2) is 4.80 Å². The van der Waals surface area contributed by atoms with E-state index in [1.54, 1.807) is 37.4 Å². The van der Waals surface area contributed by atoms with Crippen LogP contribution in [0.4, 0.5) is 5.69 Å². The smallest absolute Gasteiger partial charge is 0.337 e. The highest BCUT2D eigenvalue weighted by molar-refractivity contribution is 7.16. The zero-order chi connectivity index (χ0) is 22.4. The molecular weight excluding hydrogens is 422 g/mol. The molecule has 0 unspecified atom stereocenters. The molecule has 31 heavy (non-hydrogen) atoms. The Balaban J connectivity index is 1.93. The molecule has 0 saturated heterocycles. The van der Waals surface area contributed by atoms with Gasteiger partial charge in [-0.3, -0.25) is 14.9 Å². The Morgan fingerprint density at radius 1 is 1.19 bits per heavy atom. The number of non-ortho nitro benzene ring substituents is 1. The first kappa shape index (κ1) is 22.1. The van der Waals surface area contributed by atoms with Crippen molar-refractivity contribution in [2.24, 2.45) is 4.99 Å². The number of amides is 1. The van der Waals surface area contributed by atoms with Crippen LogP contribution in [0, 0.1) is 10.1 Å². The number of esters is 1. The van der Waals surface area contributed by atoms with Crippen molar-refractivity contribution in [1.82, 2.24) is 4.57 Å². The molecule has 0 fully saturated rings. The lowest BCUT2D eigenvalue weighted by atomic mass is 10.2. The highest BCUT2D eigenvalue weighted by atomic mass is 32.1. The van der Waals surface area contributed by atoms with Crippen LogP contribution in [0.5, 0.6) is 0 Å². The molecule has 1 heterocycles. The van der Waals surface area contributed by atoms with Crippen LogP contribution in [-0.4, -0.2) is 42.2 Å². The second-order valence-electron chi connectivity index (χ2n) is 6.34. The number of fused-ring (bicyclic) bond motifs is 1. The highest BCUT2D eigenvalue weighted by Gasteiger charge is 2.12. The first-order valence-electron chi connectivity index (χ1n) is 9.15. The van der Waals surface area contributed by atoms with E-state index in [1.165, 1.54) is 42.7 Å². The zero-order valence-electron chi connectivity index (χ0n) is 16.8. The highest BCUT2D eigenvalue weighted by Crippen LogP contribution is 2.20. The number of thiazole rings is 1. The number of carbonyl (C=O) groups excluding carboxylic acids is 2. The molecule has 0 atom stereocenters. The Kier molecular flexibility index (Phi) is 7.06. The van der Waals surface area contributed by atoms with E-state index in [-0.39, 0.29) is 5.69 Å². The summed E-state index contributed by atoms with van der Waals surface area (Å²) in [7, 11) is 2.90. The number of aromatic nitrogens is 1. The Morgan fingerprint density at radius 2 is 1.94 bits per heavy atom. The molecular formula is C21H19N3O6S. The van der Waals surface area contributed by atoms with Crippen LogP contribution < -0.4 is 4.80 Å². The number of methoxy groups -OCH3 is 2. The molecule has 0 aliphatic carbocycles. The summed E-state index contributed by atoms with van der Waals surface area (Å²) in [5.74, 6) is -0.927. The number of rotatable bonds is 7. The van der Waals surface area contributed by atoms with E-state index in [9.17, 15) is 19.7 Å². The van der Waals surface area contributed by atoms with Gasteiger partial charge in [-0.25, -0.2) is 4.79 Å². The first-order chi connectivity index (χ1) is 14.9. The van der Waals surface area contributed by atoms with E-state index in [0.29, 0.717) is 29.1 Å². The third kappa shape index (κ3) is 5.30. The van der Waals surface area contributed by atoms with Crippen LogP contribution in [0.2, 0.25) is 0 Å². The van der Waals surface area contributed by atoms with Gasteiger partial charge in [-0.05, 0) is 42.0 Å². The van der Waals surface area contributed by atoms with Crippen molar-refractivity contribution < 1.29 is 24.0 Å². The van der Waals surface area contributed by atoms with E-state index in [2.05, 4.69) is 4.99 Å². The van der Waals surface area contributed by atoms with Crippen LogP contribution in [0.1, 0.15) is 15.9 Å². The van der Waals surface area contributed by atoms with Crippen LogP contribution in [-0.2, 0) is 20.8 Å². The second-order valence-corrected chi connectivity index (χ2v) is 7.34. The monoisotopic (exact) mass is 441 g/mol. The molecule has 0 bridgehead atoms. The quantitative estimate of drug-likeness (QED) is 0.241. The minimum Gasteiger partial charge on any atom is -0.465 e. The van der Waals surface area contributed by atoms with Crippen molar-refractivity contribution in [3.05, 3.63) is 74.6 Å². The van der Waals surface area contributed by atoms with Gasteiger partial charge >= 0.3 is 5.97 Å². The summed E-state index contributed by atoms with van der Waals surface area (Å²) >= 11 is 1.27. The molecule has 0 aliphatic rings. The van der Waals surface area contributed by atoms with E-state index < -0.39 is 16.8 Å². The predicted octanol–water partition coefficient (Wildman–Crippen LogP) is 3.18. The Labute approximate surface area is 181 Å². The number of hydrogen-bond donors (Lipinski definition) is 0. The van der Waals surface area contributed by atoms with Gasteiger partial charge in [-0.1, -0.05) is 11.3 Å². The minimum absolute atomic E-state index is 0.0241. The first-order valence-corrected chi connectivity index (χ1v) is 9.96. The van der Waals surface area contributed by atoms with Gasteiger partial charge in [0.1, 0.15) is 0 Å². The lowest BCUT2D eigenvalue weighted by molar-refractivity contribution is -0.384. The molecule has 9 nitrogen and oxygen atoms in total. The minimum atomic E-state index is -0.486. The summed E-state index contributed by atoms with van der Waals surface area (Å²) in [5.41, 5.74) is 1.84. The van der Waals surface area contributed by atoms with E-state index in [1.807, 2.05) is 4.57 Å². The second kappa shape index (κ2) is 9.92. The average molecular weight is 441 g/mol. The van der Waals surface area contributed by atoms with Crippen LogP contribution in [0.25, 0.3) is 16.3 Å². The van der Waals surface area contributed by atoms with Gasteiger partial charge in [0, 0.05) is 31.9 Å². The van der Waals surface area contributed by atoms with Crippen molar-refractivity contribution in [3.8, 4) is 0 Å². The number of carbonyl (C=O) groups is 2. The molecule has 10 heteroatoms. The Morgan fingerprint density at radius 3 is 2.58 bits per heavy atom. The molecule has 3 aromatic rings. The van der Waals surface area contributed by atoms with Gasteiger partial charge in [0.25, 0.3) is 11.6 Å². The van der Waals surface area contributed by atoms with Gasteiger partial charge < -0.3 is 14.0 Å². The molecule has 0 radical (unpaired) electrons. The number of benzene rings is 2. The number of ether oxygens (including phenoxy) is 2. The van der Waals surface area contributed by atoms with Crippen molar-refractivity contribution in [1.29, 1.82) is 0 Å². The van der Waals surface area contributed by atoms with Crippen LogP contribution in [0.15, 0.2) is 53.5 Å². The fraction of sp³-hybridized carbons (Fsp3) is 0.190. The number of hydrogen-bond acceptors (Lipinski definition) is 7. The van der Waals surface area contributed by atoms with Gasteiger partial charge in [0.05, 0.1) is 34.4 Å². The Bertz CT molecular complexity index is 1220. The van der Waals surface area contributed by atoms with Crippen molar-refractivity contribution in [2.45, 2.75) is 6.54 Å². The van der Waals surface area contributed by atoms with Crippen molar-refractivity contribution >= 4 is 45.2 Å². The number of nitro groups is 1. The lowest BCUT2D eigenvalue weighted by Gasteiger charge is -2.04. The summed E-state index contributed by atoms with van der Waals surface area (Å²) in [6.07, 6.45) is 2.84. The Hall–Kier alpha value is -3.63. The van der Waals surface area contributed by atoms with E-state index in [4.69, 9.17) is 9.47 Å². The lowest BCUT2D eigenvalue weighted by Crippen LogP contribution is -2.18. The predicted molar refractivity (Wildman–Crippen MR) is 116 cm³/mol. The molecule has 0 saturated carbocycles. The van der Waals surface area contributed by atoms with Gasteiger partial charge in [-0.15, -0.1) is 0 Å². The van der Waals surface area contributed by atoms with Gasteiger partial charge in [-0.2, -0.15) is 4.99 Å². The summed E-state index contributed by atoms with van der Waals surface area (Å²) in [4.78, 5) is 39.1. The molecule has 2 aromatic carbocycles. The summed E-state index contributed by atoms with van der Waals surface area (Å²) in [6, 6.07) is 11.0. The van der Waals surface area contributed by atoms with Crippen LogP contribution >= 0.6 is 11.3 Å². The largest absolute Gasteiger partial charge is 0.465 e. The number of nitrogens with zero attached hydrogens (tertiary/aromatic N) is 3. The van der Waals surface area contributed by atoms with E-state index in [0.717, 1.165) is 10.2 Å². The van der Waals surface area contributed by atoms with E-state index >= 15 is 0 Å². The molecule has 1 aromatic heterocycles. The normalized spacial score (nSPS) is 11.9. The van der Waals surface area contributed by atoms with Gasteiger partial charge in [0.2, 0.25) is 0 Å². The third-order valence-electron chi connectivity index (χ3n) is 4.35. The SMILES string of the molecule is COCCn1c(=NC(=O)/C=C\c2ccc([N+](=O)[O-])cc2)sc2cc(C(=O)OC)ccc21. The topological polar surface area (TPSA) is 113 Å². The molecule has 3 rings (SSSR count). The maximum atomic E-state index is 12.4. The molecule has 0 N–H and O–H groups in total. The fourth-order valence-corrected chi connectivity index (χ4v) is 3.91. The molecule has 160 valence electrons. The molecule has 0 aliphatic heterocycles.